The SMILES string of the molecule is Cc1cc(-c2nc(Cl)cc(C3CC3)n2)ccc1Br. The van der Waals surface area contributed by atoms with Crippen molar-refractivity contribution in [2.75, 3.05) is 0 Å². The molecule has 1 fully saturated rings. The third kappa shape index (κ3) is 2.43. The number of hydrogen-bond acceptors (Lipinski definition) is 2. The van der Waals surface area contributed by atoms with Gasteiger partial charge < -0.3 is 0 Å². The van der Waals surface area contributed by atoms with Crippen LogP contribution in [0.2, 0.25) is 5.15 Å². The first kappa shape index (κ1) is 12.1. The van der Waals surface area contributed by atoms with Crippen molar-refractivity contribution in [2.45, 2.75) is 25.7 Å². The molecule has 92 valence electrons. The first-order chi connectivity index (χ1) is 8.63. The zero-order valence-corrected chi connectivity index (χ0v) is 12.3. The fraction of sp³-hybridized carbons (Fsp3) is 0.286. The summed E-state index contributed by atoms with van der Waals surface area (Å²) in [5, 5.41) is 0.530. The van der Waals surface area contributed by atoms with Gasteiger partial charge in [0.1, 0.15) is 5.15 Å². The molecule has 18 heavy (non-hydrogen) atoms. The highest BCUT2D eigenvalue weighted by molar-refractivity contribution is 9.10. The summed E-state index contributed by atoms with van der Waals surface area (Å²) >= 11 is 9.58. The molecule has 3 rings (SSSR count). The van der Waals surface area contributed by atoms with Gasteiger partial charge in [-0.3, -0.25) is 0 Å². The van der Waals surface area contributed by atoms with Crippen molar-refractivity contribution in [3.63, 3.8) is 0 Å². The van der Waals surface area contributed by atoms with E-state index in [0.717, 1.165) is 21.6 Å². The molecule has 1 heterocycles. The fourth-order valence-corrected chi connectivity index (χ4v) is 2.37. The normalized spacial score (nSPS) is 14.8. The van der Waals surface area contributed by atoms with Gasteiger partial charge in [0.2, 0.25) is 0 Å². The Hall–Kier alpha value is -0.930. The van der Waals surface area contributed by atoms with E-state index < -0.39 is 0 Å². The lowest BCUT2D eigenvalue weighted by Gasteiger charge is -2.06. The molecule has 1 aromatic heterocycles. The monoisotopic (exact) mass is 322 g/mol. The lowest BCUT2D eigenvalue weighted by Crippen LogP contribution is -1.95. The zero-order chi connectivity index (χ0) is 12.7. The van der Waals surface area contributed by atoms with Crippen LogP contribution >= 0.6 is 27.5 Å². The van der Waals surface area contributed by atoms with Crippen molar-refractivity contribution in [2.24, 2.45) is 0 Å². The maximum absolute atomic E-state index is 6.08. The molecule has 0 amide bonds. The Morgan fingerprint density at radius 2 is 2.00 bits per heavy atom. The zero-order valence-electron chi connectivity index (χ0n) is 9.95. The molecule has 0 spiro atoms. The quantitative estimate of drug-likeness (QED) is 0.746. The van der Waals surface area contributed by atoms with Gasteiger partial charge in [0.15, 0.2) is 5.82 Å². The molecule has 1 aromatic carbocycles. The molecule has 2 nitrogen and oxygen atoms in total. The first-order valence-corrected chi connectivity index (χ1v) is 7.11. The molecule has 0 radical (unpaired) electrons. The van der Waals surface area contributed by atoms with Gasteiger partial charge in [0.25, 0.3) is 0 Å². The van der Waals surface area contributed by atoms with E-state index in [-0.39, 0.29) is 0 Å². The minimum absolute atomic E-state index is 0.530. The first-order valence-electron chi connectivity index (χ1n) is 5.94. The van der Waals surface area contributed by atoms with Crippen LogP contribution in [0, 0.1) is 6.92 Å². The molecule has 2 aromatic rings. The fourth-order valence-electron chi connectivity index (χ4n) is 1.94. The summed E-state index contributed by atoms with van der Waals surface area (Å²) in [6, 6.07) is 7.99. The number of halogens is 2. The van der Waals surface area contributed by atoms with Gasteiger partial charge >= 0.3 is 0 Å². The van der Waals surface area contributed by atoms with E-state index in [1.54, 1.807) is 0 Å². The van der Waals surface area contributed by atoms with E-state index >= 15 is 0 Å². The van der Waals surface area contributed by atoms with Crippen LogP contribution in [0.25, 0.3) is 11.4 Å². The van der Waals surface area contributed by atoms with Crippen LogP contribution in [0.15, 0.2) is 28.7 Å². The minimum atomic E-state index is 0.530. The molecule has 1 aliphatic carbocycles. The second-order valence-electron chi connectivity index (χ2n) is 4.68. The Morgan fingerprint density at radius 3 is 2.67 bits per heavy atom. The van der Waals surface area contributed by atoms with Crippen LogP contribution < -0.4 is 0 Å². The average molecular weight is 324 g/mol. The average Bonchev–Trinajstić information content (AvgIpc) is 3.16. The molecular formula is C14H12BrClN2. The molecule has 0 atom stereocenters. The molecule has 0 N–H and O–H groups in total. The minimum Gasteiger partial charge on any atom is -0.233 e. The highest BCUT2D eigenvalue weighted by Gasteiger charge is 2.26. The highest BCUT2D eigenvalue weighted by atomic mass is 79.9. The van der Waals surface area contributed by atoms with Crippen LogP contribution in [0.4, 0.5) is 0 Å². The number of rotatable bonds is 2. The van der Waals surface area contributed by atoms with Crippen molar-refractivity contribution in [1.82, 2.24) is 9.97 Å². The third-order valence-corrected chi connectivity index (χ3v) is 4.21. The summed E-state index contributed by atoms with van der Waals surface area (Å²) in [5.41, 5.74) is 3.26. The lowest BCUT2D eigenvalue weighted by atomic mass is 10.1. The maximum atomic E-state index is 6.08. The largest absolute Gasteiger partial charge is 0.233 e. The summed E-state index contributed by atoms with van der Waals surface area (Å²) in [6.45, 7) is 2.06. The van der Waals surface area contributed by atoms with E-state index in [1.807, 2.05) is 18.2 Å². The van der Waals surface area contributed by atoms with Gasteiger partial charge in [-0.1, -0.05) is 33.6 Å². The smallest absolute Gasteiger partial charge is 0.161 e. The van der Waals surface area contributed by atoms with Crippen LogP contribution in [0.1, 0.15) is 30.0 Å². The molecule has 0 aliphatic heterocycles. The van der Waals surface area contributed by atoms with Gasteiger partial charge in [-0.25, -0.2) is 9.97 Å². The summed E-state index contributed by atoms with van der Waals surface area (Å²) in [4.78, 5) is 8.95. The lowest BCUT2D eigenvalue weighted by molar-refractivity contribution is 0.994. The number of aromatic nitrogens is 2. The molecule has 0 bridgehead atoms. The number of aryl methyl sites for hydroxylation is 1. The molecule has 1 saturated carbocycles. The molecular weight excluding hydrogens is 312 g/mol. The van der Waals surface area contributed by atoms with Gasteiger partial charge in [0.05, 0.1) is 0 Å². The second kappa shape index (κ2) is 4.63. The standard InChI is InChI=1S/C14H12BrClN2/c1-8-6-10(4-5-11(8)15)14-17-12(9-2-3-9)7-13(16)18-14/h4-7,9H,2-3H2,1H3. The summed E-state index contributed by atoms with van der Waals surface area (Å²) in [5.74, 6) is 1.31. The van der Waals surface area contributed by atoms with E-state index in [0.29, 0.717) is 11.1 Å². The van der Waals surface area contributed by atoms with E-state index in [4.69, 9.17) is 11.6 Å². The third-order valence-electron chi connectivity index (χ3n) is 3.13. The number of hydrogen-bond donors (Lipinski definition) is 0. The van der Waals surface area contributed by atoms with Crippen LogP contribution in [0.5, 0.6) is 0 Å². The van der Waals surface area contributed by atoms with Crippen molar-refractivity contribution in [1.29, 1.82) is 0 Å². The molecule has 1 aliphatic rings. The van der Waals surface area contributed by atoms with Gasteiger partial charge in [0, 0.05) is 21.6 Å². The molecule has 4 heteroatoms. The Balaban J connectivity index is 2.07. The van der Waals surface area contributed by atoms with Crippen LogP contribution in [0.3, 0.4) is 0 Å². The van der Waals surface area contributed by atoms with Gasteiger partial charge in [-0.2, -0.15) is 0 Å². The predicted octanol–water partition coefficient (Wildman–Crippen LogP) is 4.75. The summed E-state index contributed by atoms with van der Waals surface area (Å²) in [6.07, 6.45) is 2.43. The highest BCUT2D eigenvalue weighted by Crippen LogP contribution is 2.40. The van der Waals surface area contributed by atoms with Crippen molar-refractivity contribution >= 4 is 27.5 Å². The Morgan fingerprint density at radius 1 is 1.22 bits per heavy atom. The second-order valence-corrected chi connectivity index (χ2v) is 5.92. The topological polar surface area (TPSA) is 25.8 Å². The number of nitrogens with zero attached hydrogens (tertiary/aromatic N) is 2. The molecule has 0 unspecified atom stereocenters. The molecule has 0 saturated heterocycles. The Bertz CT molecular complexity index is 609. The van der Waals surface area contributed by atoms with Crippen molar-refractivity contribution < 1.29 is 0 Å². The van der Waals surface area contributed by atoms with Crippen molar-refractivity contribution in [3.8, 4) is 11.4 Å². The van der Waals surface area contributed by atoms with E-state index in [9.17, 15) is 0 Å². The van der Waals surface area contributed by atoms with E-state index in [2.05, 4.69) is 38.9 Å². The van der Waals surface area contributed by atoms with Crippen LogP contribution in [-0.4, -0.2) is 9.97 Å². The Kier molecular flexibility index (Phi) is 3.12. The number of benzene rings is 1. The predicted molar refractivity (Wildman–Crippen MR) is 76.9 cm³/mol. The van der Waals surface area contributed by atoms with Gasteiger partial charge in [-0.05, 0) is 43.5 Å². The van der Waals surface area contributed by atoms with E-state index in [1.165, 1.54) is 18.4 Å². The van der Waals surface area contributed by atoms with Crippen LogP contribution in [-0.2, 0) is 0 Å². The maximum Gasteiger partial charge on any atom is 0.161 e. The Labute approximate surface area is 120 Å². The summed E-state index contributed by atoms with van der Waals surface area (Å²) in [7, 11) is 0. The van der Waals surface area contributed by atoms with Crippen molar-refractivity contribution in [3.05, 3.63) is 45.1 Å². The summed E-state index contributed by atoms with van der Waals surface area (Å²) < 4.78 is 1.09. The van der Waals surface area contributed by atoms with Gasteiger partial charge in [-0.15, -0.1) is 0 Å².